The predicted molar refractivity (Wildman–Crippen MR) is 53.2 cm³/mol. The van der Waals surface area contributed by atoms with Crippen molar-refractivity contribution < 1.29 is 5.11 Å². The summed E-state index contributed by atoms with van der Waals surface area (Å²) in [7, 11) is 5.57. The van der Waals surface area contributed by atoms with E-state index in [1.54, 1.807) is 24.3 Å². The molecule has 0 aliphatic rings. The molecule has 0 saturated heterocycles. The molecule has 3 N–H and O–H groups in total. The second-order valence-electron chi connectivity index (χ2n) is 2.84. The lowest BCUT2D eigenvalue weighted by molar-refractivity contribution is 0.477. The Morgan fingerprint density at radius 2 is 2.08 bits per heavy atom. The molecule has 4 heteroatoms. The first-order valence-corrected chi connectivity index (χ1v) is 3.81. The molecular formula is C9H7BN2O. The summed E-state index contributed by atoms with van der Waals surface area (Å²) in [5.41, 5.74) is 6.75. The van der Waals surface area contributed by atoms with Crippen LogP contribution in [-0.2, 0) is 0 Å². The van der Waals surface area contributed by atoms with Crippen LogP contribution in [0.4, 0.5) is 5.82 Å². The van der Waals surface area contributed by atoms with Gasteiger partial charge in [0.15, 0.2) is 11.6 Å². The number of nitrogens with two attached hydrogens (primary N) is 1. The van der Waals surface area contributed by atoms with Crippen molar-refractivity contribution in [2.24, 2.45) is 0 Å². The molecule has 0 fully saturated rings. The van der Waals surface area contributed by atoms with E-state index in [4.69, 9.17) is 13.6 Å². The molecule has 0 bridgehead atoms. The number of hydrogen-bond acceptors (Lipinski definition) is 3. The van der Waals surface area contributed by atoms with Crippen LogP contribution in [0, 0.1) is 0 Å². The van der Waals surface area contributed by atoms with Gasteiger partial charge in [-0.2, -0.15) is 0 Å². The lowest BCUT2D eigenvalue weighted by Gasteiger charge is -2.02. The van der Waals surface area contributed by atoms with Crippen LogP contribution in [0.25, 0.3) is 10.9 Å². The Morgan fingerprint density at radius 1 is 1.31 bits per heavy atom. The fourth-order valence-electron chi connectivity index (χ4n) is 1.19. The number of benzene rings is 1. The van der Waals surface area contributed by atoms with Gasteiger partial charge in [0.2, 0.25) is 0 Å². The summed E-state index contributed by atoms with van der Waals surface area (Å²) in [4.78, 5) is 3.98. The third-order valence-corrected chi connectivity index (χ3v) is 1.85. The van der Waals surface area contributed by atoms with E-state index in [2.05, 4.69) is 4.98 Å². The van der Waals surface area contributed by atoms with Crippen molar-refractivity contribution >= 4 is 30.0 Å². The van der Waals surface area contributed by atoms with Crippen molar-refractivity contribution in [3.63, 3.8) is 0 Å². The molecule has 0 aliphatic carbocycles. The number of pyridine rings is 1. The Balaban J connectivity index is 2.81. The van der Waals surface area contributed by atoms with Gasteiger partial charge in [-0.3, -0.25) is 0 Å². The fourth-order valence-corrected chi connectivity index (χ4v) is 1.19. The first kappa shape index (κ1) is 7.92. The summed E-state index contributed by atoms with van der Waals surface area (Å²) in [5, 5.41) is 10.1. The van der Waals surface area contributed by atoms with Crippen LogP contribution in [0.2, 0.25) is 0 Å². The molecule has 1 aromatic carbocycles. The Morgan fingerprint density at radius 3 is 2.85 bits per heavy atom. The molecule has 2 aromatic rings. The highest BCUT2D eigenvalue weighted by molar-refractivity contribution is 6.33. The van der Waals surface area contributed by atoms with E-state index in [0.717, 1.165) is 5.39 Å². The van der Waals surface area contributed by atoms with Crippen LogP contribution in [-0.4, -0.2) is 17.9 Å². The Labute approximate surface area is 76.6 Å². The Kier molecular flexibility index (Phi) is 1.62. The molecule has 0 aliphatic heterocycles. The summed E-state index contributed by atoms with van der Waals surface area (Å²) < 4.78 is 0. The molecule has 2 rings (SSSR count). The number of nitrogen functional groups attached to an aromatic ring is 1. The second-order valence-corrected chi connectivity index (χ2v) is 2.84. The number of rotatable bonds is 0. The van der Waals surface area contributed by atoms with E-state index in [9.17, 15) is 5.11 Å². The monoisotopic (exact) mass is 170 g/mol. The number of anilines is 1. The van der Waals surface area contributed by atoms with Gasteiger partial charge < -0.3 is 10.8 Å². The molecule has 0 saturated carbocycles. The van der Waals surface area contributed by atoms with Crippen LogP contribution < -0.4 is 11.2 Å². The standard InChI is InChI=1S/C9H7BN2O/c10-6-2-1-5-3-8(13)9(11)12-7(5)4-6/h1-4,13H,(H2,11,12). The van der Waals surface area contributed by atoms with E-state index in [-0.39, 0.29) is 11.6 Å². The minimum atomic E-state index is -0.00253. The Bertz CT molecular complexity index is 470. The maximum absolute atomic E-state index is 9.27. The zero-order valence-electron chi connectivity index (χ0n) is 6.86. The number of hydrogen-bond donors (Lipinski definition) is 2. The van der Waals surface area contributed by atoms with Gasteiger partial charge in [0.05, 0.1) is 5.52 Å². The van der Waals surface area contributed by atoms with Gasteiger partial charge in [-0.1, -0.05) is 17.6 Å². The van der Waals surface area contributed by atoms with Crippen molar-refractivity contribution in [2.75, 3.05) is 5.73 Å². The molecule has 13 heavy (non-hydrogen) atoms. The van der Waals surface area contributed by atoms with Crippen molar-refractivity contribution in [1.29, 1.82) is 0 Å². The van der Waals surface area contributed by atoms with Crippen molar-refractivity contribution in [3.8, 4) is 5.75 Å². The zero-order valence-corrected chi connectivity index (χ0v) is 6.86. The van der Waals surface area contributed by atoms with Crippen LogP contribution in [0.5, 0.6) is 5.75 Å². The molecule has 1 heterocycles. The van der Waals surface area contributed by atoms with Crippen LogP contribution in [0.3, 0.4) is 0 Å². The highest BCUT2D eigenvalue weighted by Crippen LogP contribution is 2.22. The quantitative estimate of drug-likeness (QED) is 0.559. The number of nitrogens with zero attached hydrogens (tertiary/aromatic N) is 1. The maximum Gasteiger partial charge on any atom is 0.166 e. The lowest BCUT2D eigenvalue weighted by Crippen LogP contribution is -2.01. The molecule has 0 unspecified atom stereocenters. The normalized spacial score (nSPS) is 10.5. The maximum atomic E-state index is 9.27. The molecule has 0 amide bonds. The smallest absolute Gasteiger partial charge is 0.166 e. The molecule has 0 atom stereocenters. The average Bonchev–Trinajstić information content (AvgIpc) is 2.08. The van der Waals surface area contributed by atoms with Gasteiger partial charge in [-0.25, -0.2) is 4.98 Å². The highest BCUT2D eigenvalue weighted by Gasteiger charge is 2.01. The first-order chi connectivity index (χ1) is 6.16. The van der Waals surface area contributed by atoms with Gasteiger partial charge >= 0.3 is 0 Å². The molecule has 3 nitrogen and oxygen atoms in total. The van der Waals surface area contributed by atoms with E-state index >= 15 is 0 Å². The van der Waals surface area contributed by atoms with E-state index in [1.165, 1.54) is 0 Å². The number of aromatic nitrogens is 1. The summed E-state index contributed by atoms with van der Waals surface area (Å²) >= 11 is 0. The third-order valence-electron chi connectivity index (χ3n) is 1.85. The van der Waals surface area contributed by atoms with Crippen molar-refractivity contribution in [1.82, 2.24) is 4.98 Å². The SMILES string of the molecule is [B]c1ccc2cc(O)c(N)nc2c1. The summed E-state index contributed by atoms with van der Waals surface area (Å²) in [6.45, 7) is 0. The molecule has 62 valence electrons. The largest absolute Gasteiger partial charge is 0.504 e. The topological polar surface area (TPSA) is 59.1 Å². The summed E-state index contributed by atoms with van der Waals surface area (Å²) in [6.07, 6.45) is 0. The number of aromatic hydroxyl groups is 1. The van der Waals surface area contributed by atoms with Crippen molar-refractivity contribution in [3.05, 3.63) is 24.3 Å². The molecule has 1 aromatic heterocycles. The minimum absolute atomic E-state index is 0.00253. The second kappa shape index (κ2) is 2.66. The van der Waals surface area contributed by atoms with Gasteiger partial charge in [0, 0.05) is 5.39 Å². The molecule has 2 radical (unpaired) electrons. The van der Waals surface area contributed by atoms with E-state index < -0.39 is 0 Å². The third kappa shape index (κ3) is 1.31. The average molecular weight is 170 g/mol. The zero-order chi connectivity index (χ0) is 9.42. The number of fused-ring (bicyclic) bond motifs is 1. The van der Waals surface area contributed by atoms with Gasteiger partial charge in [-0.05, 0) is 12.1 Å². The molecular weight excluding hydrogens is 163 g/mol. The minimum Gasteiger partial charge on any atom is -0.504 e. The summed E-state index contributed by atoms with van der Waals surface area (Å²) in [6, 6.07) is 6.82. The van der Waals surface area contributed by atoms with E-state index in [1.807, 2.05) is 0 Å². The fraction of sp³-hybridized carbons (Fsp3) is 0. The Hall–Kier alpha value is -1.71. The first-order valence-electron chi connectivity index (χ1n) is 3.81. The lowest BCUT2D eigenvalue weighted by atomic mass is 9.95. The van der Waals surface area contributed by atoms with Crippen molar-refractivity contribution in [2.45, 2.75) is 0 Å². The van der Waals surface area contributed by atoms with Gasteiger partial charge in [-0.15, -0.1) is 0 Å². The van der Waals surface area contributed by atoms with Gasteiger partial charge in [0.1, 0.15) is 7.85 Å². The predicted octanol–water partition coefficient (Wildman–Crippen LogP) is 0.316. The molecule has 0 spiro atoms. The van der Waals surface area contributed by atoms with E-state index in [0.29, 0.717) is 11.0 Å². The summed E-state index contributed by atoms with van der Waals surface area (Å²) in [5.74, 6) is 0.121. The highest BCUT2D eigenvalue weighted by atomic mass is 16.3. The van der Waals surface area contributed by atoms with Gasteiger partial charge in [0.25, 0.3) is 0 Å². The van der Waals surface area contributed by atoms with Crippen LogP contribution >= 0.6 is 0 Å². The van der Waals surface area contributed by atoms with Crippen LogP contribution in [0.1, 0.15) is 0 Å². The van der Waals surface area contributed by atoms with Crippen LogP contribution in [0.15, 0.2) is 24.3 Å².